The Labute approximate surface area is 205 Å². The van der Waals surface area contributed by atoms with Crippen molar-refractivity contribution in [1.82, 2.24) is 9.47 Å². The van der Waals surface area contributed by atoms with Gasteiger partial charge >= 0.3 is 0 Å². The SMILES string of the molecule is Cc1ccc(C)c(OCCN2C(=O)S/C(=C\c3cc(C)n(-c4cccc(C)c4C)c3C)C2=O)c1. The summed E-state index contributed by atoms with van der Waals surface area (Å²) in [6, 6.07) is 14.3. The zero-order valence-electron chi connectivity index (χ0n) is 20.6. The fourth-order valence-corrected chi connectivity index (χ4v) is 5.08. The number of rotatable bonds is 6. The molecule has 0 bridgehead atoms. The molecule has 3 aromatic rings. The molecule has 34 heavy (non-hydrogen) atoms. The molecule has 2 aromatic carbocycles. The van der Waals surface area contributed by atoms with Crippen molar-refractivity contribution in [2.24, 2.45) is 0 Å². The standard InChI is InChI=1S/C28H30N2O3S/c1-17-10-11-19(3)25(14-17)33-13-12-29-27(31)26(34-28(29)32)16-23-15-20(4)30(22(23)6)24-9-7-8-18(2)21(24)5/h7-11,14-16H,12-13H2,1-6H3/b26-16-. The summed E-state index contributed by atoms with van der Waals surface area (Å²) in [7, 11) is 0. The summed E-state index contributed by atoms with van der Waals surface area (Å²) >= 11 is 0.987. The maximum absolute atomic E-state index is 13.0. The van der Waals surface area contributed by atoms with Crippen LogP contribution in [-0.4, -0.2) is 33.8 Å². The molecule has 5 nitrogen and oxygen atoms in total. The van der Waals surface area contributed by atoms with Crippen molar-refractivity contribution >= 4 is 29.0 Å². The van der Waals surface area contributed by atoms with Crippen LogP contribution in [0.3, 0.4) is 0 Å². The summed E-state index contributed by atoms with van der Waals surface area (Å²) in [5, 5.41) is -0.260. The average molecular weight is 475 g/mol. The van der Waals surface area contributed by atoms with Crippen molar-refractivity contribution in [3.8, 4) is 11.4 Å². The van der Waals surface area contributed by atoms with Gasteiger partial charge in [-0.15, -0.1) is 0 Å². The Morgan fingerprint density at radius 3 is 2.47 bits per heavy atom. The number of imide groups is 1. The Bertz CT molecular complexity index is 1320. The summed E-state index contributed by atoms with van der Waals surface area (Å²) in [5.74, 6) is 0.512. The Balaban J connectivity index is 1.52. The molecular weight excluding hydrogens is 444 g/mol. The van der Waals surface area contributed by atoms with Crippen molar-refractivity contribution in [2.75, 3.05) is 13.2 Å². The fraction of sp³-hybridized carbons (Fsp3) is 0.286. The van der Waals surface area contributed by atoms with E-state index in [9.17, 15) is 9.59 Å². The number of ether oxygens (including phenoxy) is 1. The lowest BCUT2D eigenvalue weighted by atomic mass is 10.1. The summed E-state index contributed by atoms with van der Waals surface area (Å²) < 4.78 is 8.06. The number of nitrogens with zero attached hydrogens (tertiary/aromatic N) is 2. The second kappa shape index (κ2) is 9.55. The predicted octanol–water partition coefficient (Wildman–Crippen LogP) is 6.44. The number of carbonyl (C=O) groups excluding carboxylic acids is 2. The number of carbonyl (C=O) groups is 2. The fourth-order valence-electron chi connectivity index (χ4n) is 4.23. The third-order valence-corrected chi connectivity index (χ3v) is 7.27. The van der Waals surface area contributed by atoms with Gasteiger partial charge in [0.05, 0.1) is 11.4 Å². The number of aryl methyl sites for hydroxylation is 4. The molecule has 1 aliphatic rings. The number of benzene rings is 2. The molecule has 176 valence electrons. The van der Waals surface area contributed by atoms with Crippen LogP contribution in [0.5, 0.6) is 5.75 Å². The molecule has 1 aliphatic heterocycles. The highest BCUT2D eigenvalue weighted by Gasteiger charge is 2.35. The Morgan fingerprint density at radius 2 is 1.71 bits per heavy atom. The highest BCUT2D eigenvalue weighted by atomic mass is 32.2. The van der Waals surface area contributed by atoms with Crippen molar-refractivity contribution in [2.45, 2.75) is 41.5 Å². The van der Waals surface area contributed by atoms with Gasteiger partial charge < -0.3 is 9.30 Å². The zero-order valence-corrected chi connectivity index (χ0v) is 21.4. The van der Waals surface area contributed by atoms with E-state index in [1.165, 1.54) is 16.0 Å². The van der Waals surface area contributed by atoms with E-state index in [0.717, 1.165) is 51.3 Å². The molecule has 1 saturated heterocycles. The first kappa shape index (κ1) is 23.9. The summed E-state index contributed by atoms with van der Waals surface area (Å²) in [4.78, 5) is 27.3. The lowest BCUT2D eigenvalue weighted by Crippen LogP contribution is -2.32. The van der Waals surface area contributed by atoms with Crippen molar-refractivity contribution in [3.05, 3.63) is 86.6 Å². The van der Waals surface area contributed by atoms with E-state index in [2.05, 4.69) is 49.6 Å². The number of hydrogen-bond donors (Lipinski definition) is 0. The first-order chi connectivity index (χ1) is 16.2. The van der Waals surface area contributed by atoms with E-state index >= 15 is 0 Å². The second-order valence-electron chi connectivity index (χ2n) is 8.83. The molecule has 6 heteroatoms. The van der Waals surface area contributed by atoms with Gasteiger partial charge in [0.25, 0.3) is 11.1 Å². The Morgan fingerprint density at radius 1 is 0.941 bits per heavy atom. The van der Waals surface area contributed by atoms with Crippen LogP contribution in [0.15, 0.2) is 47.4 Å². The zero-order chi connectivity index (χ0) is 24.6. The highest BCUT2D eigenvalue weighted by Crippen LogP contribution is 2.34. The van der Waals surface area contributed by atoms with Gasteiger partial charge in [0, 0.05) is 17.1 Å². The Kier molecular flexibility index (Phi) is 6.71. The van der Waals surface area contributed by atoms with Crippen LogP contribution in [-0.2, 0) is 4.79 Å². The normalized spacial score (nSPS) is 15.0. The molecule has 1 fully saturated rings. The second-order valence-corrected chi connectivity index (χ2v) is 9.82. The topological polar surface area (TPSA) is 51.5 Å². The molecule has 0 atom stereocenters. The minimum absolute atomic E-state index is 0.219. The van der Waals surface area contributed by atoms with Gasteiger partial charge in [-0.2, -0.15) is 0 Å². The summed E-state index contributed by atoms with van der Waals surface area (Å²) in [6.07, 6.45) is 1.83. The third-order valence-electron chi connectivity index (χ3n) is 6.36. The first-order valence-electron chi connectivity index (χ1n) is 11.4. The van der Waals surface area contributed by atoms with Gasteiger partial charge in [-0.3, -0.25) is 14.5 Å². The first-order valence-corrected chi connectivity index (χ1v) is 12.2. The molecule has 0 radical (unpaired) electrons. The van der Waals surface area contributed by atoms with E-state index in [4.69, 9.17) is 4.74 Å². The van der Waals surface area contributed by atoms with Crippen LogP contribution in [0.4, 0.5) is 4.79 Å². The maximum Gasteiger partial charge on any atom is 0.293 e. The number of amides is 2. The van der Waals surface area contributed by atoms with Crippen LogP contribution in [0.1, 0.15) is 39.2 Å². The molecule has 0 saturated carbocycles. The highest BCUT2D eigenvalue weighted by molar-refractivity contribution is 8.18. The van der Waals surface area contributed by atoms with Crippen molar-refractivity contribution < 1.29 is 14.3 Å². The van der Waals surface area contributed by atoms with Crippen LogP contribution in [0.2, 0.25) is 0 Å². The van der Waals surface area contributed by atoms with Crippen LogP contribution >= 0.6 is 11.8 Å². The molecule has 2 amide bonds. The molecule has 0 spiro atoms. The summed E-state index contributed by atoms with van der Waals surface area (Å²) in [5.41, 5.74) is 8.78. The van der Waals surface area contributed by atoms with Crippen molar-refractivity contribution in [1.29, 1.82) is 0 Å². The third kappa shape index (κ3) is 4.55. The molecule has 4 rings (SSSR count). The van der Waals surface area contributed by atoms with E-state index in [0.29, 0.717) is 4.91 Å². The van der Waals surface area contributed by atoms with Gasteiger partial charge in [0.1, 0.15) is 12.4 Å². The maximum atomic E-state index is 13.0. The lowest BCUT2D eigenvalue weighted by Gasteiger charge is -2.15. The average Bonchev–Trinajstić information content (AvgIpc) is 3.21. The largest absolute Gasteiger partial charge is 0.491 e. The number of aromatic nitrogens is 1. The Hall–Kier alpha value is -3.25. The summed E-state index contributed by atoms with van der Waals surface area (Å²) in [6.45, 7) is 12.8. The van der Waals surface area contributed by atoms with Gasteiger partial charge in [-0.1, -0.05) is 24.3 Å². The van der Waals surface area contributed by atoms with E-state index < -0.39 is 0 Å². The van der Waals surface area contributed by atoms with Gasteiger partial charge in [-0.25, -0.2) is 0 Å². The van der Waals surface area contributed by atoms with Crippen LogP contribution < -0.4 is 4.74 Å². The van der Waals surface area contributed by atoms with E-state index in [1.807, 2.05) is 45.0 Å². The van der Waals surface area contributed by atoms with Gasteiger partial charge in [0.2, 0.25) is 0 Å². The quantitative estimate of drug-likeness (QED) is 0.386. The predicted molar refractivity (Wildman–Crippen MR) is 139 cm³/mol. The molecule has 2 heterocycles. The minimum Gasteiger partial charge on any atom is -0.491 e. The van der Waals surface area contributed by atoms with Gasteiger partial charge in [0.15, 0.2) is 0 Å². The molecule has 0 unspecified atom stereocenters. The monoisotopic (exact) mass is 474 g/mol. The smallest absolute Gasteiger partial charge is 0.293 e. The van der Waals surface area contributed by atoms with Crippen molar-refractivity contribution in [3.63, 3.8) is 0 Å². The molecular formula is C28H30N2O3S. The lowest BCUT2D eigenvalue weighted by molar-refractivity contribution is -0.123. The minimum atomic E-state index is -0.267. The molecule has 0 aliphatic carbocycles. The van der Waals surface area contributed by atoms with E-state index in [-0.39, 0.29) is 24.3 Å². The van der Waals surface area contributed by atoms with Crippen LogP contribution in [0, 0.1) is 41.5 Å². The number of thioether (sulfide) groups is 1. The molecule has 1 aromatic heterocycles. The van der Waals surface area contributed by atoms with E-state index in [1.54, 1.807) is 0 Å². The van der Waals surface area contributed by atoms with Crippen LogP contribution in [0.25, 0.3) is 11.8 Å². The number of hydrogen-bond acceptors (Lipinski definition) is 4. The van der Waals surface area contributed by atoms with Gasteiger partial charge in [-0.05, 0) is 105 Å². The molecule has 0 N–H and O–H groups in total.